The summed E-state index contributed by atoms with van der Waals surface area (Å²) >= 11 is 10.8. The zero-order valence-corrected chi connectivity index (χ0v) is 75.0. The Labute approximate surface area is 752 Å². The van der Waals surface area contributed by atoms with Crippen LogP contribution in [0.4, 0.5) is 0 Å². The quantitative estimate of drug-likeness (QED) is 0.0389. The van der Waals surface area contributed by atoms with Crippen LogP contribution in [0.25, 0.3) is 97.0 Å². The van der Waals surface area contributed by atoms with Gasteiger partial charge in [-0.1, -0.05) is 490 Å². The number of rotatable bonds is 12. The number of hydrogen-bond acceptors (Lipinski definition) is 1. The molecule has 0 saturated carbocycles. The summed E-state index contributed by atoms with van der Waals surface area (Å²) in [6, 6.07) is 172. The second kappa shape index (κ2) is 39.9. The number of fused-ring (bicyclic) bond motifs is 18. The maximum atomic E-state index is 7.25. The van der Waals surface area contributed by atoms with Crippen molar-refractivity contribution in [3.8, 4) is 0 Å². The van der Waals surface area contributed by atoms with Crippen molar-refractivity contribution in [1.29, 1.82) is 0 Å². The standard InChI is InChI=1S/2C36H26Si.C18H11Br.C18H15ClSi.C4H8O.C4H9.Li/c2*1-4-14-27(15-5-1)37(28-16-6-2-7-17-28,29-18-8-3-9-19-29)30-24-25-35-33-22-11-10-20-31(33)32-21-12-13-23-34(32)36(35)26-30;19-12-9-10-17-15-7-2-1-5-13(15)14-6-3-4-8-16(14)18(17)11-12;19-20(16-10-4-1-5-11-16,17-12-6-2-7-13-17)18-14-8-3-9-15-18;1-2-4-5-3-1;1-3-4-2;/h2*1-26H;1-11H;1-15H;1-4H2;1,3-4H2,2H3;/q;;;;;-1;+1. The van der Waals surface area contributed by atoms with E-state index in [0.29, 0.717) is 0 Å². The Hall–Kier alpha value is -12.1. The summed E-state index contributed by atoms with van der Waals surface area (Å²) in [7, 11) is -7.55. The summed E-state index contributed by atoms with van der Waals surface area (Å²) in [5.41, 5.74) is 0. The van der Waals surface area contributed by atoms with Gasteiger partial charge in [0.25, 0.3) is 0 Å². The van der Waals surface area contributed by atoms with Crippen LogP contribution in [-0.2, 0) is 4.74 Å². The molecule has 21 aromatic carbocycles. The van der Waals surface area contributed by atoms with Gasteiger partial charge in [-0.25, -0.2) is 0 Å². The van der Waals surface area contributed by atoms with Gasteiger partial charge < -0.3 is 11.7 Å². The van der Waals surface area contributed by atoms with Crippen molar-refractivity contribution < 1.29 is 23.6 Å². The van der Waals surface area contributed by atoms with Crippen LogP contribution in [0.5, 0.6) is 0 Å². The molecule has 7 heteroatoms. The average molecular weight is 1710 g/mol. The maximum Gasteiger partial charge on any atom is 1.00 e. The molecule has 1 nitrogen and oxygen atoms in total. The van der Waals surface area contributed by atoms with E-state index < -0.39 is 23.5 Å². The summed E-state index contributed by atoms with van der Waals surface area (Å²) in [5, 5.41) is 38.6. The topological polar surface area (TPSA) is 9.23 Å². The molecule has 1 saturated heterocycles. The van der Waals surface area contributed by atoms with Gasteiger partial charge in [0.1, 0.15) is 0 Å². The molecule has 1 heterocycles. The Kier molecular flexibility index (Phi) is 27.4. The number of benzene rings is 21. The van der Waals surface area contributed by atoms with Crippen LogP contribution >= 0.6 is 27.0 Å². The van der Waals surface area contributed by atoms with Gasteiger partial charge in [0.05, 0.1) is 0 Å². The Bertz CT molecular complexity index is 6390. The van der Waals surface area contributed by atoms with Crippen LogP contribution < -0.4 is 75.9 Å². The Morgan fingerprint density at radius 1 is 0.228 bits per heavy atom. The van der Waals surface area contributed by atoms with E-state index in [1.807, 2.05) is 18.2 Å². The van der Waals surface area contributed by atoms with Crippen LogP contribution in [0.1, 0.15) is 32.6 Å². The van der Waals surface area contributed by atoms with Crippen LogP contribution in [0.2, 0.25) is 0 Å². The first-order chi connectivity index (χ1) is 60.3. The van der Waals surface area contributed by atoms with Crippen molar-refractivity contribution in [2.24, 2.45) is 0 Å². The molecule has 1 aliphatic heterocycles. The third-order valence-corrected chi connectivity index (χ3v) is 39.4. The zero-order valence-electron chi connectivity index (χ0n) is 69.6. The molecule has 21 aromatic rings. The van der Waals surface area contributed by atoms with Gasteiger partial charge in [-0.15, -0.1) is 11.1 Å². The van der Waals surface area contributed by atoms with Gasteiger partial charge in [-0.3, -0.25) is 0 Å². The minimum atomic E-state index is -2.57. The number of ether oxygens (including phenoxy) is 1. The third-order valence-electron chi connectivity index (χ3n) is 24.0. The fourth-order valence-corrected chi connectivity index (χ4v) is 32.3. The number of halogens is 2. The third kappa shape index (κ3) is 17.2. The Morgan fingerprint density at radius 3 is 0.593 bits per heavy atom. The van der Waals surface area contributed by atoms with Crippen LogP contribution in [0, 0.1) is 6.92 Å². The Balaban J connectivity index is 0.000000121. The van der Waals surface area contributed by atoms with Gasteiger partial charge in [0, 0.05) is 17.7 Å². The van der Waals surface area contributed by atoms with Gasteiger partial charge in [0.2, 0.25) is 7.38 Å². The van der Waals surface area contributed by atoms with Crippen molar-refractivity contribution in [3.05, 3.63) is 485 Å². The van der Waals surface area contributed by atoms with E-state index >= 15 is 0 Å². The molecule has 0 bridgehead atoms. The van der Waals surface area contributed by atoms with E-state index in [9.17, 15) is 0 Å². The van der Waals surface area contributed by atoms with Crippen LogP contribution in [-0.4, -0.2) is 36.7 Å². The molecule has 1 fully saturated rings. The van der Waals surface area contributed by atoms with Gasteiger partial charge >= 0.3 is 18.9 Å². The minimum Gasteiger partial charge on any atom is -0.381 e. The molecule has 0 aromatic heterocycles. The van der Waals surface area contributed by atoms with E-state index in [4.69, 9.17) is 15.8 Å². The number of unbranched alkanes of at least 4 members (excludes halogenated alkanes) is 1. The fraction of sp³-hybridized carbons (Fsp3) is 0.0603. The van der Waals surface area contributed by atoms with Crippen molar-refractivity contribution in [2.45, 2.75) is 32.6 Å². The maximum absolute atomic E-state index is 7.25. The smallest absolute Gasteiger partial charge is 0.381 e. The first-order valence-corrected chi connectivity index (χ1v) is 50.3. The molecule has 22 rings (SSSR count). The molecule has 0 radical (unpaired) electrons. The monoisotopic (exact) mass is 1710 g/mol. The Morgan fingerprint density at radius 2 is 0.398 bits per heavy atom. The van der Waals surface area contributed by atoms with E-state index in [-0.39, 0.29) is 18.9 Å². The van der Waals surface area contributed by atoms with Crippen molar-refractivity contribution in [3.63, 3.8) is 0 Å². The van der Waals surface area contributed by atoms with Crippen molar-refractivity contribution in [2.75, 3.05) is 13.2 Å². The second-order valence-electron chi connectivity index (χ2n) is 31.1. The molecule has 123 heavy (non-hydrogen) atoms. The zero-order chi connectivity index (χ0) is 82.9. The molecule has 0 aliphatic carbocycles. The summed E-state index contributed by atoms with van der Waals surface area (Å²) in [6.07, 6.45) is 4.83. The van der Waals surface area contributed by atoms with Crippen molar-refractivity contribution >= 4 is 205 Å². The summed E-state index contributed by atoms with van der Waals surface area (Å²) in [5.74, 6) is 0. The fourth-order valence-electron chi connectivity index (χ4n) is 18.3. The first-order valence-electron chi connectivity index (χ1n) is 42.5. The van der Waals surface area contributed by atoms with E-state index in [1.165, 1.54) is 173 Å². The summed E-state index contributed by atoms with van der Waals surface area (Å²) in [4.78, 5) is 0. The van der Waals surface area contributed by atoms with Gasteiger partial charge in [-0.05, 0) is 179 Å². The van der Waals surface area contributed by atoms with Gasteiger partial charge in [-0.2, -0.15) is 6.42 Å². The second-order valence-corrected chi connectivity index (χ2v) is 44.4. The van der Waals surface area contributed by atoms with Gasteiger partial charge in [0.15, 0.2) is 16.1 Å². The predicted molar refractivity (Wildman–Crippen MR) is 542 cm³/mol. The van der Waals surface area contributed by atoms with E-state index in [0.717, 1.165) is 24.1 Å². The molecule has 0 spiro atoms. The molecular weight excluding hydrogens is 1620 g/mol. The SMILES string of the molecule is Brc1ccc2c3ccccc3c3ccccc3c2c1.C1CCOC1.Cl[Si](c1ccccc1)(c1ccccc1)c1ccccc1.[CH2-]CCC.[Li+].c1ccc([Si](c2ccccc2)(c2ccccc2)c2ccc3c4ccccc4c4ccccc4c3c2)cc1.c1ccc([Si](c2ccccc2)(c2ccccc2)c2ccc3c4ccccc4c4ccccc4c3c2)cc1. The molecule has 0 N–H and O–H groups in total. The molecule has 0 atom stereocenters. The van der Waals surface area contributed by atoms with Crippen LogP contribution in [0.3, 0.4) is 0 Å². The molecule has 0 amide bonds. The number of hydrogen-bond donors (Lipinski definition) is 0. The molecule has 0 unspecified atom stereocenters. The van der Waals surface area contributed by atoms with E-state index in [2.05, 4.69) is 485 Å². The minimum absolute atomic E-state index is 0. The largest absolute Gasteiger partial charge is 1.00 e. The predicted octanol–water partition coefficient (Wildman–Crippen LogP) is 21.3. The van der Waals surface area contributed by atoms with Crippen LogP contribution in [0.15, 0.2) is 478 Å². The van der Waals surface area contributed by atoms with E-state index in [1.54, 1.807) is 0 Å². The normalized spacial score (nSPS) is 11.9. The molecule has 592 valence electrons. The summed E-state index contributed by atoms with van der Waals surface area (Å²) < 4.78 is 6.07. The first kappa shape index (κ1) is 84.5. The summed E-state index contributed by atoms with van der Waals surface area (Å²) in [6.45, 7) is 7.72. The molecule has 1 aliphatic rings. The molecular formula is C116H95BrClLiOSi3. The van der Waals surface area contributed by atoms with Crippen molar-refractivity contribution in [1.82, 2.24) is 0 Å². The average Bonchev–Trinajstić information content (AvgIpc) is 0.744.